The van der Waals surface area contributed by atoms with E-state index in [2.05, 4.69) is 10.3 Å². The van der Waals surface area contributed by atoms with Gasteiger partial charge in [-0.15, -0.1) is 0 Å². The van der Waals surface area contributed by atoms with Crippen LogP contribution in [0.5, 0.6) is 0 Å². The highest BCUT2D eigenvalue weighted by Gasteiger charge is 2.19. The van der Waals surface area contributed by atoms with Crippen molar-refractivity contribution in [1.29, 1.82) is 0 Å². The quantitative estimate of drug-likeness (QED) is 0.848. The number of carbonyl (C=O) groups is 1. The number of nitrogens with zero attached hydrogens (tertiary/aromatic N) is 1. The van der Waals surface area contributed by atoms with Crippen LogP contribution in [0.4, 0.5) is 18.9 Å². The van der Waals surface area contributed by atoms with Crippen LogP contribution in [0, 0.1) is 17.7 Å². The van der Waals surface area contributed by atoms with Crippen LogP contribution < -0.4 is 5.32 Å². The smallest absolute Gasteiger partial charge is 0.259 e. The molecule has 0 bridgehead atoms. The van der Waals surface area contributed by atoms with E-state index in [1.54, 1.807) is 0 Å². The average Bonchev–Trinajstić information content (AvgIpc) is 2.39. The summed E-state index contributed by atoms with van der Waals surface area (Å²) in [5.74, 6) is -5.65. The number of pyridine rings is 1. The van der Waals surface area contributed by atoms with Crippen molar-refractivity contribution >= 4 is 34.8 Å². The van der Waals surface area contributed by atoms with E-state index in [4.69, 9.17) is 23.2 Å². The first-order valence-electron chi connectivity index (χ1n) is 5.17. The summed E-state index contributed by atoms with van der Waals surface area (Å²) in [7, 11) is 0. The van der Waals surface area contributed by atoms with Crippen molar-refractivity contribution < 1.29 is 18.0 Å². The molecule has 0 saturated heterocycles. The summed E-state index contributed by atoms with van der Waals surface area (Å²) in [6.07, 6.45) is 0. The molecule has 2 rings (SSSR count). The molecule has 0 aliphatic carbocycles. The van der Waals surface area contributed by atoms with Gasteiger partial charge in [0.1, 0.15) is 0 Å². The molecule has 0 spiro atoms. The summed E-state index contributed by atoms with van der Waals surface area (Å²) in [6.45, 7) is 0. The van der Waals surface area contributed by atoms with Crippen molar-refractivity contribution in [2.24, 2.45) is 0 Å². The molecule has 0 unspecified atom stereocenters. The van der Waals surface area contributed by atoms with E-state index in [9.17, 15) is 18.0 Å². The number of nitrogens with one attached hydrogen (secondary N) is 1. The van der Waals surface area contributed by atoms with Gasteiger partial charge < -0.3 is 5.32 Å². The Morgan fingerprint density at radius 1 is 1.20 bits per heavy atom. The molecule has 1 aromatic carbocycles. The predicted molar refractivity (Wildman–Crippen MR) is 68.5 cm³/mol. The molecule has 2 aromatic rings. The van der Waals surface area contributed by atoms with E-state index in [0.29, 0.717) is 6.07 Å². The van der Waals surface area contributed by atoms with Crippen LogP contribution in [0.3, 0.4) is 0 Å². The van der Waals surface area contributed by atoms with Gasteiger partial charge in [-0.2, -0.15) is 13.8 Å². The summed E-state index contributed by atoms with van der Waals surface area (Å²) >= 11 is 11.6. The van der Waals surface area contributed by atoms with Crippen LogP contribution >= 0.6 is 23.2 Å². The summed E-state index contributed by atoms with van der Waals surface area (Å²) in [6, 6.07) is 4.85. The van der Waals surface area contributed by atoms with E-state index in [-0.39, 0.29) is 15.7 Å². The van der Waals surface area contributed by atoms with Crippen molar-refractivity contribution in [1.82, 2.24) is 4.98 Å². The molecule has 8 heteroatoms. The Labute approximate surface area is 121 Å². The number of anilines is 1. The third kappa shape index (κ3) is 2.86. The number of benzene rings is 1. The van der Waals surface area contributed by atoms with Crippen LogP contribution in [0.15, 0.2) is 24.3 Å². The van der Waals surface area contributed by atoms with Crippen LogP contribution in [0.25, 0.3) is 0 Å². The normalized spacial score (nSPS) is 10.4. The van der Waals surface area contributed by atoms with Crippen molar-refractivity contribution in [3.63, 3.8) is 0 Å². The Bertz CT molecular complexity index is 695. The molecule has 0 atom stereocenters. The number of aromatic nitrogens is 1. The third-order valence-corrected chi connectivity index (χ3v) is 3.15. The zero-order valence-electron chi connectivity index (χ0n) is 9.55. The Kier molecular flexibility index (Phi) is 4.15. The van der Waals surface area contributed by atoms with Crippen LogP contribution in [-0.4, -0.2) is 10.9 Å². The topological polar surface area (TPSA) is 42.0 Å². The minimum Gasteiger partial charge on any atom is -0.320 e. The van der Waals surface area contributed by atoms with Crippen LogP contribution in [-0.2, 0) is 0 Å². The first-order valence-corrected chi connectivity index (χ1v) is 5.92. The Balaban J connectivity index is 2.36. The molecule has 0 fully saturated rings. The fraction of sp³-hybridized carbons (Fsp3) is 0. The zero-order chi connectivity index (χ0) is 14.9. The van der Waals surface area contributed by atoms with Gasteiger partial charge in [-0.25, -0.2) is 4.39 Å². The van der Waals surface area contributed by atoms with Crippen LogP contribution in [0.1, 0.15) is 10.4 Å². The van der Waals surface area contributed by atoms with E-state index < -0.39 is 29.2 Å². The highest BCUT2D eigenvalue weighted by Crippen LogP contribution is 2.30. The van der Waals surface area contributed by atoms with Gasteiger partial charge in [0.25, 0.3) is 11.9 Å². The lowest BCUT2D eigenvalue weighted by Gasteiger charge is -2.09. The number of hydrogen-bond acceptors (Lipinski definition) is 2. The fourth-order valence-corrected chi connectivity index (χ4v) is 1.77. The molecule has 1 aromatic heterocycles. The summed E-state index contributed by atoms with van der Waals surface area (Å²) in [5, 5.41) is 2.40. The Morgan fingerprint density at radius 2 is 1.90 bits per heavy atom. The molecule has 0 aliphatic heterocycles. The molecule has 104 valence electrons. The van der Waals surface area contributed by atoms with Crippen LogP contribution in [0.2, 0.25) is 10.0 Å². The van der Waals surface area contributed by atoms with E-state index in [0.717, 1.165) is 0 Å². The molecular weight excluding hydrogens is 316 g/mol. The van der Waals surface area contributed by atoms with Gasteiger partial charge in [0.15, 0.2) is 5.82 Å². The molecule has 1 amide bonds. The number of halogens is 5. The highest BCUT2D eigenvalue weighted by molar-refractivity contribution is 6.44. The molecule has 3 nitrogen and oxygen atoms in total. The van der Waals surface area contributed by atoms with E-state index in [1.807, 2.05) is 0 Å². The monoisotopic (exact) mass is 320 g/mol. The zero-order valence-corrected chi connectivity index (χ0v) is 11.1. The minimum atomic E-state index is -1.70. The van der Waals surface area contributed by atoms with Gasteiger partial charge in [-0.3, -0.25) is 4.79 Å². The number of hydrogen-bond donors (Lipinski definition) is 1. The number of rotatable bonds is 2. The summed E-state index contributed by atoms with van der Waals surface area (Å²) in [4.78, 5) is 14.4. The second-order valence-corrected chi connectivity index (χ2v) is 4.44. The fourth-order valence-electron chi connectivity index (χ4n) is 1.42. The predicted octanol–water partition coefficient (Wildman–Crippen LogP) is 4.06. The minimum absolute atomic E-state index is 0.0259. The van der Waals surface area contributed by atoms with Crippen molar-refractivity contribution in [3.05, 3.63) is 57.6 Å². The maximum Gasteiger partial charge on any atom is 0.259 e. The second kappa shape index (κ2) is 5.68. The number of amides is 1. The van der Waals surface area contributed by atoms with Gasteiger partial charge in [-0.1, -0.05) is 29.3 Å². The van der Waals surface area contributed by atoms with Gasteiger partial charge in [0.05, 0.1) is 21.3 Å². The average molecular weight is 321 g/mol. The first kappa shape index (κ1) is 14.6. The summed E-state index contributed by atoms with van der Waals surface area (Å²) in [5.41, 5.74) is -0.743. The Hall–Kier alpha value is -1.79. The van der Waals surface area contributed by atoms with Crippen molar-refractivity contribution in [2.75, 3.05) is 5.32 Å². The van der Waals surface area contributed by atoms with Crippen molar-refractivity contribution in [3.8, 4) is 0 Å². The molecular formula is C12H5Cl2F3N2O. The third-order valence-electron chi connectivity index (χ3n) is 2.33. The lowest BCUT2D eigenvalue weighted by Crippen LogP contribution is -2.16. The Morgan fingerprint density at radius 3 is 2.60 bits per heavy atom. The van der Waals surface area contributed by atoms with Gasteiger partial charge >= 0.3 is 0 Å². The SMILES string of the molecule is O=C(Nc1cccc(Cl)c1Cl)c1cc(F)nc(F)c1F. The number of carbonyl (C=O) groups excluding carboxylic acids is 1. The standard InChI is InChI=1S/C12H5Cl2F3N2O/c13-6-2-1-3-7(9(6)14)18-12(20)5-4-8(15)19-11(17)10(5)16/h1-4H,(H,18,20). The maximum absolute atomic E-state index is 13.4. The molecule has 0 saturated carbocycles. The molecule has 0 radical (unpaired) electrons. The molecule has 1 N–H and O–H groups in total. The highest BCUT2D eigenvalue weighted by atomic mass is 35.5. The summed E-state index contributed by atoms with van der Waals surface area (Å²) < 4.78 is 39.2. The largest absolute Gasteiger partial charge is 0.320 e. The van der Waals surface area contributed by atoms with Gasteiger partial charge in [-0.05, 0) is 12.1 Å². The molecule has 0 aliphatic rings. The first-order chi connectivity index (χ1) is 9.40. The van der Waals surface area contributed by atoms with Gasteiger partial charge in [0.2, 0.25) is 5.95 Å². The van der Waals surface area contributed by atoms with Gasteiger partial charge in [0, 0.05) is 6.07 Å². The lowest BCUT2D eigenvalue weighted by molar-refractivity contribution is 0.102. The molecule has 1 heterocycles. The molecule has 20 heavy (non-hydrogen) atoms. The second-order valence-electron chi connectivity index (χ2n) is 3.65. The maximum atomic E-state index is 13.4. The van der Waals surface area contributed by atoms with E-state index in [1.165, 1.54) is 18.2 Å². The lowest BCUT2D eigenvalue weighted by atomic mass is 10.2. The van der Waals surface area contributed by atoms with E-state index >= 15 is 0 Å². The van der Waals surface area contributed by atoms with Crippen molar-refractivity contribution in [2.45, 2.75) is 0 Å².